The molecule has 0 radical (unpaired) electrons. The summed E-state index contributed by atoms with van der Waals surface area (Å²) >= 11 is 1.55. The van der Waals surface area contributed by atoms with Crippen molar-refractivity contribution in [1.29, 1.82) is 0 Å². The molecule has 0 saturated carbocycles. The molecule has 0 atom stereocenters. The van der Waals surface area contributed by atoms with Crippen LogP contribution >= 0.6 is 11.3 Å². The number of benzene rings is 2. The number of thiazole rings is 1. The maximum atomic E-state index is 13.7. The minimum atomic E-state index is -0.202. The van der Waals surface area contributed by atoms with Gasteiger partial charge in [0.05, 0.1) is 5.69 Å². The lowest BCUT2D eigenvalue weighted by atomic mass is 10.1. The molecule has 0 aliphatic rings. The molecule has 0 aliphatic heterocycles. The van der Waals surface area contributed by atoms with E-state index in [4.69, 9.17) is 5.73 Å². The van der Waals surface area contributed by atoms with E-state index in [9.17, 15) is 4.39 Å². The lowest BCUT2D eigenvalue weighted by molar-refractivity contribution is 0.619. The molecule has 1 heterocycles. The molecule has 0 spiro atoms. The lowest BCUT2D eigenvalue weighted by Crippen LogP contribution is -1.95. The molecule has 2 aromatic carbocycles. The van der Waals surface area contributed by atoms with Gasteiger partial charge in [-0.15, -0.1) is 11.3 Å². The lowest BCUT2D eigenvalue weighted by Gasteiger charge is -2.01. The van der Waals surface area contributed by atoms with Crippen LogP contribution in [-0.2, 0) is 6.54 Å². The van der Waals surface area contributed by atoms with Gasteiger partial charge in [0.2, 0.25) is 0 Å². The van der Waals surface area contributed by atoms with Gasteiger partial charge in [0.25, 0.3) is 0 Å². The number of nitrogens with zero attached hydrogens (tertiary/aromatic N) is 1. The molecule has 2 N–H and O–H groups in total. The largest absolute Gasteiger partial charge is 0.326 e. The van der Waals surface area contributed by atoms with Crippen LogP contribution in [0.3, 0.4) is 0 Å². The van der Waals surface area contributed by atoms with Crippen LogP contribution in [0.1, 0.15) is 11.1 Å². The summed E-state index contributed by atoms with van der Waals surface area (Å²) in [5, 5.41) is 2.87. The number of rotatable bonds is 3. The van der Waals surface area contributed by atoms with Crippen LogP contribution in [0.2, 0.25) is 0 Å². The molecule has 106 valence electrons. The molecule has 1 aromatic heterocycles. The molecular weight excluding hydrogens is 283 g/mol. The minimum absolute atomic E-state index is 0.202. The summed E-state index contributed by atoms with van der Waals surface area (Å²) in [5.74, 6) is -0.202. The van der Waals surface area contributed by atoms with Crippen molar-refractivity contribution in [3.63, 3.8) is 0 Å². The summed E-state index contributed by atoms with van der Waals surface area (Å²) in [7, 11) is 0. The number of hydrogen-bond acceptors (Lipinski definition) is 3. The van der Waals surface area contributed by atoms with Gasteiger partial charge in [0.15, 0.2) is 0 Å². The fourth-order valence-corrected chi connectivity index (χ4v) is 2.95. The topological polar surface area (TPSA) is 38.9 Å². The normalized spacial score (nSPS) is 10.8. The number of nitrogens with two attached hydrogens (primary N) is 1. The van der Waals surface area contributed by atoms with Gasteiger partial charge in [-0.05, 0) is 30.2 Å². The van der Waals surface area contributed by atoms with Crippen molar-refractivity contribution in [2.75, 3.05) is 0 Å². The van der Waals surface area contributed by atoms with E-state index in [2.05, 4.69) is 4.98 Å². The Morgan fingerprint density at radius 1 is 1.14 bits per heavy atom. The van der Waals surface area contributed by atoms with Crippen LogP contribution < -0.4 is 5.73 Å². The first-order valence-corrected chi connectivity index (χ1v) is 7.57. The smallest absolute Gasteiger partial charge is 0.126 e. The number of aryl methyl sites for hydroxylation is 1. The van der Waals surface area contributed by atoms with Gasteiger partial charge in [-0.1, -0.05) is 30.3 Å². The zero-order valence-corrected chi connectivity index (χ0v) is 12.5. The molecule has 0 amide bonds. The van der Waals surface area contributed by atoms with Crippen LogP contribution in [0.5, 0.6) is 0 Å². The van der Waals surface area contributed by atoms with Crippen molar-refractivity contribution in [3.8, 4) is 21.8 Å². The molecule has 4 heteroatoms. The highest BCUT2D eigenvalue weighted by Crippen LogP contribution is 2.30. The van der Waals surface area contributed by atoms with Gasteiger partial charge in [-0.25, -0.2) is 9.37 Å². The van der Waals surface area contributed by atoms with E-state index in [0.717, 1.165) is 27.4 Å². The quantitative estimate of drug-likeness (QED) is 0.779. The Hall–Kier alpha value is -2.04. The highest BCUT2D eigenvalue weighted by atomic mass is 32.1. The number of hydrogen-bond donors (Lipinski definition) is 1. The molecule has 3 aromatic rings. The highest BCUT2D eigenvalue weighted by molar-refractivity contribution is 7.13. The van der Waals surface area contributed by atoms with E-state index in [-0.39, 0.29) is 5.82 Å². The van der Waals surface area contributed by atoms with Gasteiger partial charge < -0.3 is 5.73 Å². The molecule has 0 aliphatic carbocycles. The fraction of sp³-hybridized carbons (Fsp3) is 0.118. The molecule has 3 rings (SSSR count). The Labute approximate surface area is 127 Å². The first-order valence-electron chi connectivity index (χ1n) is 6.69. The Morgan fingerprint density at radius 2 is 2.00 bits per heavy atom. The van der Waals surface area contributed by atoms with E-state index in [1.807, 2.05) is 35.7 Å². The third kappa shape index (κ3) is 2.86. The monoisotopic (exact) mass is 298 g/mol. The zero-order valence-electron chi connectivity index (χ0n) is 11.6. The van der Waals surface area contributed by atoms with Crippen molar-refractivity contribution >= 4 is 11.3 Å². The first-order chi connectivity index (χ1) is 10.2. The zero-order chi connectivity index (χ0) is 14.8. The van der Waals surface area contributed by atoms with Crippen molar-refractivity contribution < 1.29 is 4.39 Å². The van der Waals surface area contributed by atoms with Crippen LogP contribution in [0.25, 0.3) is 21.8 Å². The van der Waals surface area contributed by atoms with Gasteiger partial charge in [0.1, 0.15) is 10.8 Å². The Kier molecular flexibility index (Phi) is 3.82. The number of aromatic nitrogens is 1. The van der Waals surface area contributed by atoms with Gasteiger partial charge >= 0.3 is 0 Å². The van der Waals surface area contributed by atoms with Crippen molar-refractivity contribution in [2.45, 2.75) is 13.5 Å². The average Bonchev–Trinajstić information content (AvgIpc) is 3.00. The highest BCUT2D eigenvalue weighted by Gasteiger charge is 2.08. The van der Waals surface area contributed by atoms with Crippen molar-refractivity contribution in [3.05, 3.63) is 64.8 Å². The number of halogens is 1. The van der Waals surface area contributed by atoms with Crippen molar-refractivity contribution in [1.82, 2.24) is 4.98 Å². The predicted molar refractivity (Wildman–Crippen MR) is 85.6 cm³/mol. The van der Waals surface area contributed by atoms with Crippen molar-refractivity contribution in [2.24, 2.45) is 5.73 Å². The van der Waals surface area contributed by atoms with E-state index < -0.39 is 0 Å². The summed E-state index contributed by atoms with van der Waals surface area (Å²) < 4.78 is 13.7. The first kappa shape index (κ1) is 13.9. The summed E-state index contributed by atoms with van der Waals surface area (Å²) in [6.07, 6.45) is 0. The van der Waals surface area contributed by atoms with Crippen LogP contribution in [0.15, 0.2) is 47.8 Å². The molecule has 0 saturated heterocycles. The van der Waals surface area contributed by atoms with E-state index in [1.54, 1.807) is 24.3 Å². The Bertz CT molecular complexity index is 780. The third-order valence-electron chi connectivity index (χ3n) is 3.38. The molecular formula is C17H15FN2S. The Balaban J connectivity index is 1.97. The maximum absolute atomic E-state index is 13.7. The van der Waals surface area contributed by atoms with E-state index >= 15 is 0 Å². The SMILES string of the molecule is Cc1ccc(-c2csc(-c3cccc(CN)c3)n2)cc1F. The Morgan fingerprint density at radius 3 is 2.76 bits per heavy atom. The van der Waals surface area contributed by atoms with Gasteiger partial charge in [0, 0.05) is 23.1 Å². The molecule has 0 unspecified atom stereocenters. The standard InChI is InChI=1S/C17H15FN2S/c1-11-5-6-13(8-15(11)18)16-10-21-17(20-16)14-4-2-3-12(7-14)9-19/h2-8,10H,9,19H2,1H3. The summed E-state index contributed by atoms with van der Waals surface area (Å²) in [6, 6.07) is 13.2. The summed E-state index contributed by atoms with van der Waals surface area (Å²) in [6.45, 7) is 2.26. The molecule has 0 bridgehead atoms. The van der Waals surface area contributed by atoms with Gasteiger partial charge in [-0.3, -0.25) is 0 Å². The minimum Gasteiger partial charge on any atom is -0.326 e. The second-order valence-corrected chi connectivity index (χ2v) is 5.76. The second-order valence-electron chi connectivity index (χ2n) is 4.91. The average molecular weight is 298 g/mol. The third-order valence-corrected chi connectivity index (χ3v) is 4.27. The molecule has 2 nitrogen and oxygen atoms in total. The second kappa shape index (κ2) is 5.76. The summed E-state index contributed by atoms with van der Waals surface area (Å²) in [4.78, 5) is 4.61. The fourth-order valence-electron chi connectivity index (χ4n) is 2.12. The van der Waals surface area contributed by atoms with E-state index in [0.29, 0.717) is 12.1 Å². The van der Waals surface area contributed by atoms with Gasteiger partial charge in [-0.2, -0.15) is 0 Å². The van der Waals surface area contributed by atoms with Crippen LogP contribution in [-0.4, -0.2) is 4.98 Å². The molecule has 21 heavy (non-hydrogen) atoms. The van der Waals surface area contributed by atoms with Crippen LogP contribution in [0.4, 0.5) is 4.39 Å². The maximum Gasteiger partial charge on any atom is 0.126 e. The molecule has 0 fully saturated rings. The van der Waals surface area contributed by atoms with Crippen LogP contribution in [0, 0.1) is 12.7 Å². The predicted octanol–water partition coefficient (Wildman–Crippen LogP) is 4.38. The van der Waals surface area contributed by atoms with E-state index in [1.165, 1.54) is 6.07 Å². The summed E-state index contributed by atoms with van der Waals surface area (Å²) in [5.41, 5.74) is 10.0.